The molecule has 1 aromatic heterocycles. The van der Waals surface area contributed by atoms with Gasteiger partial charge in [0.05, 0.1) is 6.26 Å². The first-order valence-corrected chi connectivity index (χ1v) is 6.52. The molecule has 0 bridgehead atoms. The lowest BCUT2D eigenvalue weighted by Gasteiger charge is -2.20. The second-order valence-electron chi connectivity index (χ2n) is 4.26. The maximum atomic E-state index is 5.50. The molecular weight excluding hydrogens is 244 g/mol. The fourth-order valence-electron chi connectivity index (χ4n) is 1.68. The molecule has 3 N–H and O–H groups in total. The van der Waals surface area contributed by atoms with Crippen molar-refractivity contribution in [2.45, 2.75) is 26.8 Å². The third-order valence-corrected chi connectivity index (χ3v) is 2.78. The zero-order valence-corrected chi connectivity index (χ0v) is 12.0. The topological polar surface area (TPSA) is 76.0 Å². The van der Waals surface area contributed by atoms with Crippen molar-refractivity contribution in [3.63, 3.8) is 0 Å². The first-order valence-electron chi connectivity index (χ1n) is 6.52. The van der Waals surface area contributed by atoms with E-state index in [1.54, 1.807) is 6.26 Å². The number of hydrogen-bond acceptors (Lipinski definition) is 4. The largest absolute Gasteiger partial charge is 0.469 e. The zero-order chi connectivity index (χ0) is 14.1. The van der Waals surface area contributed by atoms with Gasteiger partial charge in [0.25, 0.3) is 0 Å². The van der Waals surface area contributed by atoms with E-state index in [-0.39, 0.29) is 0 Å². The molecule has 1 aromatic rings. The summed E-state index contributed by atoms with van der Waals surface area (Å²) >= 11 is 0. The fourth-order valence-corrected chi connectivity index (χ4v) is 1.68. The van der Waals surface area contributed by atoms with Gasteiger partial charge in [-0.3, -0.25) is 10.4 Å². The summed E-state index contributed by atoms with van der Waals surface area (Å²) in [7, 11) is 1.94. The van der Waals surface area contributed by atoms with E-state index in [0.29, 0.717) is 19.0 Å². The Balaban J connectivity index is 2.44. The van der Waals surface area contributed by atoms with Crippen LogP contribution in [0, 0.1) is 6.92 Å². The third-order valence-electron chi connectivity index (χ3n) is 2.78. The number of aliphatic imine (C=N–C) groups is 1. The van der Waals surface area contributed by atoms with Crippen molar-refractivity contribution in [1.82, 2.24) is 10.3 Å². The van der Waals surface area contributed by atoms with Crippen LogP contribution in [0.15, 0.2) is 21.7 Å². The molecule has 0 saturated carbocycles. The fraction of sp³-hybridized carbons (Fsp3) is 0.615. The van der Waals surface area contributed by atoms with Crippen molar-refractivity contribution < 1.29 is 9.15 Å². The predicted molar refractivity (Wildman–Crippen MR) is 75.6 cm³/mol. The van der Waals surface area contributed by atoms with E-state index >= 15 is 0 Å². The van der Waals surface area contributed by atoms with Gasteiger partial charge in [0.15, 0.2) is 0 Å². The Kier molecular flexibility index (Phi) is 6.99. The van der Waals surface area contributed by atoms with Gasteiger partial charge in [-0.25, -0.2) is 5.84 Å². The number of ether oxygens (including phenoxy) is 1. The average molecular weight is 268 g/mol. The summed E-state index contributed by atoms with van der Waals surface area (Å²) < 4.78 is 10.5. The number of nitrogens with one attached hydrogen (secondary N) is 1. The number of aryl methyl sites for hydroxylation is 1. The van der Waals surface area contributed by atoms with Crippen LogP contribution in [-0.4, -0.2) is 37.7 Å². The standard InChI is InChI=1S/C13H24N4O2/c1-4-18-8-5-7-15-13(16-14)17(3)10-12-6-9-19-11(12)2/h6,9H,4-5,7-8,10,14H2,1-3H3,(H,15,16). The van der Waals surface area contributed by atoms with Crippen LogP contribution in [0.2, 0.25) is 0 Å². The SMILES string of the molecule is CCOCCCN=C(NN)N(C)Cc1ccoc1C. The number of rotatable bonds is 7. The molecule has 0 spiro atoms. The Morgan fingerprint density at radius 2 is 2.37 bits per heavy atom. The summed E-state index contributed by atoms with van der Waals surface area (Å²) in [6, 6.07) is 1.95. The summed E-state index contributed by atoms with van der Waals surface area (Å²) in [4.78, 5) is 6.38. The third kappa shape index (κ3) is 5.32. The lowest BCUT2D eigenvalue weighted by Crippen LogP contribution is -2.42. The summed E-state index contributed by atoms with van der Waals surface area (Å²) in [5.74, 6) is 7.08. The number of nitrogens with zero attached hydrogens (tertiary/aromatic N) is 2. The molecule has 0 fully saturated rings. The Morgan fingerprint density at radius 1 is 1.58 bits per heavy atom. The van der Waals surface area contributed by atoms with Crippen molar-refractivity contribution in [2.75, 3.05) is 26.8 Å². The van der Waals surface area contributed by atoms with Gasteiger partial charge >= 0.3 is 0 Å². The minimum atomic E-state index is 0.664. The van der Waals surface area contributed by atoms with Crippen LogP contribution in [0.4, 0.5) is 0 Å². The molecule has 108 valence electrons. The van der Waals surface area contributed by atoms with E-state index in [1.807, 2.05) is 31.9 Å². The highest BCUT2D eigenvalue weighted by Gasteiger charge is 2.08. The average Bonchev–Trinajstić information content (AvgIpc) is 2.79. The molecule has 0 aliphatic carbocycles. The highest BCUT2D eigenvalue weighted by Crippen LogP contribution is 2.10. The zero-order valence-electron chi connectivity index (χ0n) is 12.0. The normalized spacial score (nSPS) is 11.7. The number of hydrazine groups is 1. The van der Waals surface area contributed by atoms with E-state index in [0.717, 1.165) is 31.0 Å². The lowest BCUT2D eigenvalue weighted by atomic mass is 10.2. The summed E-state index contributed by atoms with van der Waals surface area (Å²) in [6.45, 7) is 6.79. The highest BCUT2D eigenvalue weighted by atomic mass is 16.5. The van der Waals surface area contributed by atoms with Crippen LogP contribution in [0.25, 0.3) is 0 Å². The van der Waals surface area contributed by atoms with Gasteiger partial charge in [0, 0.05) is 38.9 Å². The molecule has 0 aliphatic rings. The molecule has 0 amide bonds. The Bertz CT molecular complexity index is 390. The molecule has 6 heteroatoms. The van der Waals surface area contributed by atoms with Crippen molar-refractivity contribution >= 4 is 5.96 Å². The van der Waals surface area contributed by atoms with Gasteiger partial charge in [-0.15, -0.1) is 0 Å². The van der Waals surface area contributed by atoms with Gasteiger partial charge in [0.1, 0.15) is 5.76 Å². The molecule has 19 heavy (non-hydrogen) atoms. The van der Waals surface area contributed by atoms with Crippen LogP contribution in [0.1, 0.15) is 24.7 Å². The highest BCUT2D eigenvalue weighted by molar-refractivity contribution is 5.79. The Hall–Kier alpha value is -1.53. The number of guanidine groups is 1. The van der Waals surface area contributed by atoms with E-state index < -0.39 is 0 Å². The number of hydrogen-bond donors (Lipinski definition) is 2. The minimum absolute atomic E-state index is 0.664. The van der Waals surface area contributed by atoms with Crippen LogP contribution in [0.3, 0.4) is 0 Å². The molecule has 0 unspecified atom stereocenters. The number of furan rings is 1. The van der Waals surface area contributed by atoms with Crippen molar-refractivity contribution in [2.24, 2.45) is 10.8 Å². The second-order valence-corrected chi connectivity index (χ2v) is 4.26. The van der Waals surface area contributed by atoms with Gasteiger partial charge in [0.2, 0.25) is 5.96 Å². The molecule has 0 saturated heterocycles. The lowest BCUT2D eigenvalue weighted by molar-refractivity contribution is 0.146. The number of nitrogens with two attached hydrogens (primary N) is 1. The summed E-state index contributed by atoms with van der Waals surface area (Å²) in [5, 5.41) is 0. The molecular formula is C13H24N4O2. The molecule has 1 heterocycles. The maximum absolute atomic E-state index is 5.50. The van der Waals surface area contributed by atoms with Crippen LogP contribution >= 0.6 is 0 Å². The van der Waals surface area contributed by atoms with Gasteiger partial charge in [-0.05, 0) is 26.3 Å². The Labute approximate surface area is 114 Å². The molecule has 0 aliphatic heterocycles. The van der Waals surface area contributed by atoms with Gasteiger partial charge < -0.3 is 14.1 Å². The van der Waals surface area contributed by atoms with Crippen molar-refractivity contribution in [3.05, 3.63) is 23.7 Å². The second kappa shape index (κ2) is 8.55. The van der Waals surface area contributed by atoms with E-state index in [9.17, 15) is 0 Å². The first-order chi connectivity index (χ1) is 9.19. The van der Waals surface area contributed by atoms with Crippen molar-refractivity contribution in [3.8, 4) is 0 Å². The molecule has 1 rings (SSSR count). The van der Waals surface area contributed by atoms with E-state index in [4.69, 9.17) is 15.0 Å². The van der Waals surface area contributed by atoms with E-state index in [1.165, 1.54) is 0 Å². The molecule has 6 nitrogen and oxygen atoms in total. The van der Waals surface area contributed by atoms with Gasteiger partial charge in [-0.1, -0.05) is 0 Å². The quantitative estimate of drug-likeness (QED) is 0.256. The van der Waals surface area contributed by atoms with Gasteiger partial charge in [-0.2, -0.15) is 0 Å². The van der Waals surface area contributed by atoms with E-state index in [2.05, 4.69) is 10.4 Å². The Morgan fingerprint density at radius 3 is 2.95 bits per heavy atom. The predicted octanol–water partition coefficient (Wildman–Crippen LogP) is 1.27. The smallest absolute Gasteiger partial charge is 0.208 e. The van der Waals surface area contributed by atoms with Crippen molar-refractivity contribution in [1.29, 1.82) is 0 Å². The summed E-state index contributed by atoms with van der Waals surface area (Å²) in [6.07, 6.45) is 2.57. The minimum Gasteiger partial charge on any atom is -0.469 e. The molecule has 0 radical (unpaired) electrons. The summed E-state index contributed by atoms with van der Waals surface area (Å²) in [5.41, 5.74) is 3.75. The first kappa shape index (κ1) is 15.5. The van der Waals surface area contributed by atoms with Crippen LogP contribution < -0.4 is 11.3 Å². The van der Waals surface area contributed by atoms with Crippen LogP contribution in [0.5, 0.6) is 0 Å². The molecule has 0 atom stereocenters. The maximum Gasteiger partial charge on any atom is 0.208 e. The van der Waals surface area contributed by atoms with Crippen LogP contribution in [-0.2, 0) is 11.3 Å². The monoisotopic (exact) mass is 268 g/mol. The molecule has 0 aromatic carbocycles.